The number of anilines is 1. The predicted molar refractivity (Wildman–Crippen MR) is 64.0 cm³/mol. The number of aromatic nitrogens is 2. The summed E-state index contributed by atoms with van der Waals surface area (Å²) < 4.78 is 27.6. The van der Waals surface area contributed by atoms with Gasteiger partial charge in [0.2, 0.25) is 5.28 Å². The van der Waals surface area contributed by atoms with Crippen LogP contribution < -0.4 is 10.0 Å². The third-order valence-corrected chi connectivity index (χ3v) is 3.97. The molecule has 17 heavy (non-hydrogen) atoms. The minimum Gasteiger partial charge on any atom is -0.314 e. The van der Waals surface area contributed by atoms with Gasteiger partial charge in [-0.3, -0.25) is 4.72 Å². The highest BCUT2D eigenvalue weighted by molar-refractivity contribution is 7.90. The van der Waals surface area contributed by atoms with E-state index in [1.807, 2.05) is 0 Å². The minimum atomic E-state index is -3.56. The maximum Gasteiger partial charge on any atom is 0.302 e. The molecule has 0 aromatic carbocycles. The van der Waals surface area contributed by atoms with Gasteiger partial charge in [0.15, 0.2) is 0 Å². The lowest BCUT2D eigenvalue weighted by molar-refractivity contribution is 0.362. The molecule has 0 unspecified atom stereocenters. The van der Waals surface area contributed by atoms with E-state index in [-0.39, 0.29) is 11.1 Å². The molecule has 1 aliphatic rings. The van der Waals surface area contributed by atoms with Crippen LogP contribution in [0.25, 0.3) is 0 Å². The van der Waals surface area contributed by atoms with Gasteiger partial charge in [-0.2, -0.15) is 17.7 Å². The van der Waals surface area contributed by atoms with E-state index in [1.165, 1.54) is 16.6 Å². The van der Waals surface area contributed by atoms with Gasteiger partial charge in [0, 0.05) is 32.4 Å². The number of hydrogen-bond donors (Lipinski definition) is 2. The third kappa shape index (κ3) is 3.25. The molecule has 9 heteroatoms. The fourth-order valence-corrected chi connectivity index (χ4v) is 2.79. The molecule has 2 heterocycles. The number of halogens is 1. The van der Waals surface area contributed by atoms with Crippen LogP contribution in [0.3, 0.4) is 0 Å². The van der Waals surface area contributed by atoms with Crippen LogP contribution in [-0.4, -0.2) is 48.9 Å². The van der Waals surface area contributed by atoms with E-state index < -0.39 is 10.2 Å². The average molecular weight is 278 g/mol. The topological polar surface area (TPSA) is 87.2 Å². The second kappa shape index (κ2) is 5.13. The molecule has 0 amide bonds. The Morgan fingerprint density at radius 2 is 2.12 bits per heavy atom. The zero-order chi connectivity index (χ0) is 12.3. The highest BCUT2D eigenvalue weighted by atomic mass is 35.5. The second-order valence-electron chi connectivity index (χ2n) is 3.47. The molecule has 1 fully saturated rings. The van der Waals surface area contributed by atoms with Crippen molar-refractivity contribution in [3.63, 3.8) is 0 Å². The van der Waals surface area contributed by atoms with Crippen molar-refractivity contribution in [1.29, 1.82) is 0 Å². The quantitative estimate of drug-likeness (QED) is 0.740. The number of nitrogens with one attached hydrogen (secondary N) is 2. The Balaban J connectivity index is 2.11. The van der Waals surface area contributed by atoms with Gasteiger partial charge >= 0.3 is 10.2 Å². The molecule has 2 N–H and O–H groups in total. The molecule has 1 aliphatic heterocycles. The van der Waals surface area contributed by atoms with E-state index in [2.05, 4.69) is 20.0 Å². The molecule has 0 atom stereocenters. The third-order valence-electron chi connectivity index (χ3n) is 2.28. The van der Waals surface area contributed by atoms with Gasteiger partial charge in [-0.25, -0.2) is 4.98 Å². The number of piperazine rings is 1. The lowest BCUT2D eigenvalue weighted by atomic mass is 10.4. The molecule has 0 bridgehead atoms. The predicted octanol–water partition coefficient (Wildman–Crippen LogP) is -0.308. The molecule has 0 saturated carbocycles. The van der Waals surface area contributed by atoms with Crippen LogP contribution in [0, 0.1) is 0 Å². The maximum absolute atomic E-state index is 11.9. The second-order valence-corrected chi connectivity index (χ2v) is 5.48. The van der Waals surface area contributed by atoms with Gasteiger partial charge in [-0.05, 0) is 17.7 Å². The summed E-state index contributed by atoms with van der Waals surface area (Å²) in [5.74, 6) is 0.170. The fourth-order valence-electron chi connectivity index (χ4n) is 1.47. The summed E-state index contributed by atoms with van der Waals surface area (Å²) in [4.78, 5) is 7.45. The molecule has 7 nitrogen and oxygen atoms in total. The molecule has 0 radical (unpaired) electrons. The maximum atomic E-state index is 11.9. The Morgan fingerprint density at radius 1 is 1.41 bits per heavy atom. The van der Waals surface area contributed by atoms with Crippen LogP contribution in [0.15, 0.2) is 12.3 Å². The van der Waals surface area contributed by atoms with Crippen LogP contribution in [0.4, 0.5) is 5.82 Å². The number of rotatable bonds is 3. The number of nitrogens with zero attached hydrogens (tertiary/aromatic N) is 3. The summed E-state index contributed by atoms with van der Waals surface area (Å²) in [6.45, 7) is 2.17. The first-order chi connectivity index (χ1) is 8.08. The molecule has 1 aromatic heterocycles. The zero-order valence-corrected chi connectivity index (χ0v) is 10.5. The molecule has 0 spiro atoms. The van der Waals surface area contributed by atoms with E-state index in [1.54, 1.807) is 0 Å². The van der Waals surface area contributed by atoms with Crippen LogP contribution in [0.2, 0.25) is 5.28 Å². The fraction of sp³-hybridized carbons (Fsp3) is 0.500. The Labute approximate surface area is 104 Å². The van der Waals surface area contributed by atoms with Gasteiger partial charge < -0.3 is 5.32 Å². The summed E-state index contributed by atoms with van der Waals surface area (Å²) in [6, 6.07) is 1.45. The van der Waals surface area contributed by atoms with Crippen molar-refractivity contribution in [2.24, 2.45) is 0 Å². The molecule has 2 rings (SSSR count). The Morgan fingerprint density at radius 3 is 2.76 bits per heavy atom. The Hall–Kier alpha value is -0.960. The van der Waals surface area contributed by atoms with Crippen molar-refractivity contribution in [3.8, 4) is 0 Å². The van der Waals surface area contributed by atoms with Crippen molar-refractivity contribution in [2.45, 2.75) is 0 Å². The minimum absolute atomic E-state index is 0.00510. The molecular weight excluding hydrogens is 266 g/mol. The van der Waals surface area contributed by atoms with Crippen molar-refractivity contribution in [3.05, 3.63) is 17.5 Å². The van der Waals surface area contributed by atoms with Gasteiger partial charge in [0.05, 0.1) is 0 Å². The monoisotopic (exact) mass is 277 g/mol. The van der Waals surface area contributed by atoms with Gasteiger partial charge in [-0.1, -0.05) is 0 Å². The number of hydrogen-bond acceptors (Lipinski definition) is 5. The van der Waals surface area contributed by atoms with Crippen LogP contribution in [-0.2, 0) is 10.2 Å². The van der Waals surface area contributed by atoms with Crippen molar-refractivity contribution >= 4 is 27.6 Å². The summed E-state index contributed by atoms with van der Waals surface area (Å²) in [7, 11) is -3.56. The highest BCUT2D eigenvalue weighted by Crippen LogP contribution is 2.10. The standard InChI is InChI=1S/C8H12ClN5O2S/c9-8-11-2-1-7(12-8)13-17(15,16)14-5-3-10-4-6-14/h1-2,10H,3-6H2,(H,11,12,13). The van der Waals surface area contributed by atoms with E-state index in [9.17, 15) is 8.42 Å². The molecule has 1 aromatic rings. The Kier molecular flexibility index (Phi) is 3.77. The molecule has 0 aliphatic carbocycles. The van der Waals surface area contributed by atoms with Crippen molar-refractivity contribution < 1.29 is 8.42 Å². The van der Waals surface area contributed by atoms with Crippen molar-refractivity contribution in [2.75, 3.05) is 30.9 Å². The van der Waals surface area contributed by atoms with Gasteiger partial charge in [0.1, 0.15) is 5.82 Å². The van der Waals surface area contributed by atoms with E-state index >= 15 is 0 Å². The average Bonchev–Trinajstić information content (AvgIpc) is 2.29. The Bertz CT molecular complexity index is 488. The molecular formula is C8H12ClN5O2S. The summed E-state index contributed by atoms with van der Waals surface area (Å²) in [5.41, 5.74) is 0. The first kappa shape index (κ1) is 12.5. The van der Waals surface area contributed by atoms with Crippen molar-refractivity contribution in [1.82, 2.24) is 19.6 Å². The van der Waals surface area contributed by atoms with Crippen LogP contribution in [0.1, 0.15) is 0 Å². The summed E-state index contributed by atoms with van der Waals surface area (Å²) >= 11 is 5.58. The zero-order valence-electron chi connectivity index (χ0n) is 8.93. The first-order valence-corrected chi connectivity index (χ1v) is 6.87. The van der Waals surface area contributed by atoms with Gasteiger partial charge in [-0.15, -0.1) is 0 Å². The van der Waals surface area contributed by atoms with E-state index in [0.29, 0.717) is 26.2 Å². The highest BCUT2D eigenvalue weighted by Gasteiger charge is 2.23. The lowest BCUT2D eigenvalue weighted by Crippen LogP contribution is -2.48. The summed E-state index contributed by atoms with van der Waals surface area (Å²) in [5, 5.41) is 3.08. The van der Waals surface area contributed by atoms with Gasteiger partial charge in [0.25, 0.3) is 0 Å². The first-order valence-electron chi connectivity index (χ1n) is 5.05. The molecule has 94 valence electrons. The van der Waals surface area contributed by atoms with Crippen LogP contribution in [0.5, 0.6) is 0 Å². The molecule has 1 saturated heterocycles. The summed E-state index contributed by atoms with van der Waals surface area (Å²) in [6.07, 6.45) is 1.39. The van der Waals surface area contributed by atoms with Crippen LogP contribution >= 0.6 is 11.6 Å². The smallest absolute Gasteiger partial charge is 0.302 e. The largest absolute Gasteiger partial charge is 0.314 e. The SMILES string of the molecule is O=S(=O)(Nc1ccnc(Cl)n1)N1CCNCC1. The normalized spacial score (nSPS) is 17.9. The lowest BCUT2D eigenvalue weighted by Gasteiger charge is -2.26. The van der Waals surface area contributed by atoms with E-state index in [4.69, 9.17) is 11.6 Å². The van der Waals surface area contributed by atoms with E-state index in [0.717, 1.165) is 0 Å².